The summed E-state index contributed by atoms with van der Waals surface area (Å²) in [4.78, 5) is 4.55. The molecule has 0 aliphatic heterocycles. The van der Waals surface area contributed by atoms with Crippen LogP contribution in [0.15, 0.2) is 29.4 Å². The van der Waals surface area contributed by atoms with Crippen LogP contribution in [0, 0.1) is 11.3 Å². The second-order valence-electron chi connectivity index (χ2n) is 6.63. The molecule has 0 radical (unpaired) electrons. The Morgan fingerprint density at radius 3 is 2.90 bits per heavy atom. The SMILES string of the molecule is C[C@@H]1C/C(=N\Nc2nc3ccccc3s2)CC(C)(C)C1. The largest absolute Gasteiger partial charge is 0.253 e. The smallest absolute Gasteiger partial charge is 0.204 e. The number of hydrogen-bond acceptors (Lipinski definition) is 4. The van der Waals surface area contributed by atoms with E-state index >= 15 is 0 Å². The van der Waals surface area contributed by atoms with Gasteiger partial charge in [0.2, 0.25) is 5.13 Å². The average molecular weight is 287 g/mol. The van der Waals surface area contributed by atoms with Crippen LogP contribution in [-0.4, -0.2) is 10.7 Å². The summed E-state index contributed by atoms with van der Waals surface area (Å²) in [5.74, 6) is 0.717. The van der Waals surface area contributed by atoms with Crippen LogP contribution < -0.4 is 5.43 Å². The number of nitrogens with zero attached hydrogens (tertiary/aromatic N) is 2. The van der Waals surface area contributed by atoms with E-state index in [2.05, 4.69) is 42.3 Å². The van der Waals surface area contributed by atoms with Gasteiger partial charge in [0.1, 0.15) is 0 Å². The van der Waals surface area contributed by atoms with Gasteiger partial charge in [0.05, 0.1) is 10.2 Å². The standard InChI is InChI=1S/C16H21N3S/c1-11-8-12(10-16(2,3)9-11)18-19-15-17-13-6-4-5-7-14(13)20-15/h4-7,11H,8-10H2,1-3H3,(H,17,19)/b18-12+/t11-/m1/s1. The zero-order valence-electron chi connectivity index (χ0n) is 12.3. The summed E-state index contributed by atoms with van der Waals surface area (Å²) in [6.45, 7) is 6.97. The van der Waals surface area contributed by atoms with E-state index in [1.165, 1.54) is 16.8 Å². The molecule has 0 bridgehead atoms. The molecule has 1 atom stereocenters. The van der Waals surface area contributed by atoms with E-state index < -0.39 is 0 Å². The molecular formula is C16H21N3S. The average Bonchev–Trinajstić information content (AvgIpc) is 2.76. The summed E-state index contributed by atoms with van der Waals surface area (Å²) >= 11 is 1.66. The van der Waals surface area contributed by atoms with Gasteiger partial charge in [-0.3, -0.25) is 5.43 Å². The van der Waals surface area contributed by atoms with Crippen LogP contribution in [0.25, 0.3) is 10.2 Å². The number of para-hydroxylation sites is 1. The number of hydrogen-bond donors (Lipinski definition) is 1. The Kier molecular flexibility index (Phi) is 3.50. The number of rotatable bonds is 2. The number of fused-ring (bicyclic) bond motifs is 1. The van der Waals surface area contributed by atoms with Gasteiger partial charge in [-0.25, -0.2) is 4.98 Å². The van der Waals surface area contributed by atoms with Crippen molar-refractivity contribution in [1.82, 2.24) is 4.98 Å². The van der Waals surface area contributed by atoms with Gasteiger partial charge < -0.3 is 0 Å². The molecule has 2 aromatic rings. The lowest BCUT2D eigenvalue weighted by atomic mass is 9.72. The number of anilines is 1. The van der Waals surface area contributed by atoms with Crippen molar-refractivity contribution in [3.8, 4) is 0 Å². The lowest BCUT2D eigenvalue weighted by molar-refractivity contribution is 0.266. The Labute approximate surface area is 124 Å². The highest BCUT2D eigenvalue weighted by molar-refractivity contribution is 7.22. The van der Waals surface area contributed by atoms with Crippen LogP contribution in [0.4, 0.5) is 5.13 Å². The molecule has 3 nitrogen and oxygen atoms in total. The molecule has 4 heteroatoms. The van der Waals surface area contributed by atoms with Crippen LogP contribution in [0.2, 0.25) is 0 Å². The Balaban J connectivity index is 1.76. The van der Waals surface area contributed by atoms with Crippen LogP contribution in [-0.2, 0) is 0 Å². The topological polar surface area (TPSA) is 37.3 Å². The van der Waals surface area contributed by atoms with Crippen molar-refractivity contribution < 1.29 is 0 Å². The fraction of sp³-hybridized carbons (Fsp3) is 0.500. The first kappa shape index (κ1) is 13.6. The highest BCUT2D eigenvalue weighted by Crippen LogP contribution is 2.37. The normalized spacial score (nSPS) is 24.1. The molecule has 0 spiro atoms. The van der Waals surface area contributed by atoms with E-state index in [9.17, 15) is 0 Å². The fourth-order valence-corrected chi connectivity index (χ4v) is 4.05. The van der Waals surface area contributed by atoms with Crippen LogP contribution in [0.5, 0.6) is 0 Å². The minimum absolute atomic E-state index is 0.367. The monoisotopic (exact) mass is 287 g/mol. The van der Waals surface area contributed by atoms with Crippen LogP contribution in [0.3, 0.4) is 0 Å². The Hall–Kier alpha value is -1.42. The van der Waals surface area contributed by atoms with E-state index in [1.54, 1.807) is 11.3 Å². The van der Waals surface area contributed by atoms with E-state index in [4.69, 9.17) is 0 Å². The molecule has 1 heterocycles. The first-order valence-electron chi connectivity index (χ1n) is 7.19. The third-order valence-corrected chi connectivity index (χ3v) is 4.71. The van der Waals surface area contributed by atoms with Crippen molar-refractivity contribution in [2.24, 2.45) is 16.4 Å². The van der Waals surface area contributed by atoms with E-state index in [0.29, 0.717) is 5.41 Å². The van der Waals surface area contributed by atoms with Gasteiger partial charge >= 0.3 is 0 Å². The molecule has 1 saturated carbocycles. The van der Waals surface area contributed by atoms with Crippen LogP contribution >= 0.6 is 11.3 Å². The van der Waals surface area contributed by atoms with E-state index in [1.807, 2.05) is 18.2 Å². The summed E-state index contributed by atoms with van der Waals surface area (Å²) in [6, 6.07) is 8.19. The summed E-state index contributed by atoms with van der Waals surface area (Å²) in [7, 11) is 0. The van der Waals surface area contributed by atoms with Gasteiger partial charge in [-0.1, -0.05) is 44.2 Å². The Morgan fingerprint density at radius 1 is 1.35 bits per heavy atom. The molecule has 1 fully saturated rings. The summed E-state index contributed by atoms with van der Waals surface area (Å²) in [6.07, 6.45) is 3.46. The summed E-state index contributed by atoms with van der Waals surface area (Å²) in [5, 5.41) is 5.49. The predicted octanol–water partition coefficient (Wildman–Crippen LogP) is 4.91. The maximum atomic E-state index is 4.61. The lowest BCUT2D eigenvalue weighted by Crippen LogP contribution is -2.28. The third kappa shape index (κ3) is 3.01. The Morgan fingerprint density at radius 2 is 2.15 bits per heavy atom. The minimum Gasteiger partial charge on any atom is -0.253 e. The maximum absolute atomic E-state index is 4.61. The zero-order valence-corrected chi connectivity index (χ0v) is 13.1. The molecule has 0 saturated heterocycles. The molecule has 106 valence electrons. The van der Waals surface area contributed by atoms with Crippen molar-refractivity contribution in [2.75, 3.05) is 5.43 Å². The molecule has 0 amide bonds. The molecule has 1 aliphatic carbocycles. The molecule has 1 aliphatic rings. The van der Waals surface area contributed by atoms with Crippen molar-refractivity contribution in [2.45, 2.75) is 40.0 Å². The van der Waals surface area contributed by atoms with Gasteiger partial charge in [-0.2, -0.15) is 5.10 Å². The lowest BCUT2D eigenvalue weighted by Gasteiger charge is -2.34. The second-order valence-corrected chi connectivity index (χ2v) is 7.66. The molecule has 1 aromatic heterocycles. The number of benzene rings is 1. The van der Waals surface area contributed by atoms with Crippen molar-refractivity contribution in [3.63, 3.8) is 0 Å². The molecule has 3 rings (SSSR count). The van der Waals surface area contributed by atoms with E-state index in [0.717, 1.165) is 29.4 Å². The molecule has 20 heavy (non-hydrogen) atoms. The van der Waals surface area contributed by atoms with Crippen LogP contribution in [0.1, 0.15) is 40.0 Å². The maximum Gasteiger partial charge on any atom is 0.204 e. The predicted molar refractivity (Wildman–Crippen MR) is 87.5 cm³/mol. The van der Waals surface area contributed by atoms with Crippen molar-refractivity contribution >= 4 is 32.4 Å². The number of nitrogens with one attached hydrogen (secondary N) is 1. The quantitative estimate of drug-likeness (QED) is 0.797. The fourth-order valence-electron chi connectivity index (χ4n) is 3.25. The highest BCUT2D eigenvalue weighted by Gasteiger charge is 2.29. The Bertz CT molecular complexity index is 609. The highest BCUT2D eigenvalue weighted by atomic mass is 32.1. The minimum atomic E-state index is 0.367. The molecule has 1 aromatic carbocycles. The van der Waals surface area contributed by atoms with Gasteiger partial charge in [0, 0.05) is 5.71 Å². The second kappa shape index (κ2) is 5.17. The number of thiazole rings is 1. The third-order valence-electron chi connectivity index (χ3n) is 3.77. The number of hydrazone groups is 1. The van der Waals surface area contributed by atoms with Gasteiger partial charge in [0.15, 0.2) is 0 Å². The van der Waals surface area contributed by atoms with E-state index in [-0.39, 0.29) is 0 Å². The van der Waals surface area contributed by atoms with Crippen molar-refractivity contribution in [3.05, 3.63) is 24.3 Å². The van der Waals surface area contributed by atoms with Crippen molar-refractivity contribution in [1.29, 1.82) is 0 Å². The van der Waals surface area contributed by atoms with Gasteiger partial charge in [-0.05, 0) is 42.7 Å². The summed E-state index contributed by atoms with van der Waals surface area (Å²) < 4.78 is 1.20. The molecule has 0 unspecified atom stereocenters. The molecular weight excluding hydrogens is 266 g/mol. The van der Waals surface area contributed by atoms with Gasteiger partial charge in [0.25, 0.3) is 0 Å². The molecule has 1 N–H and O–H groups in total. The first-order chi connectivity index (χ1) is 9.52. The number of aromatic nitrogens is 1. The zero-order chi connectivity index (χ0) is 14.2. The summed E-state index contributed by atoms with van der Waals surface area (Å²) in [5.41, 5.74) is 5.84. The first-order valence-corrected chi connectivity index (χ1v) is 8.00. The van der Waals surface area contributed by atoms with Gasteiger partial charge in [-0.15, -0.1) is 0 Å².